The van der Waals surface area contributed by atoms with Gasteiger partial charge >= 0.3 is 0 Å². The molecule has 4 heteroatoms. The summed E-state index contributed by atoms with van der Waals surface area (Å²) in [7, 11) is 0. The van der Waals surface area contributed by atoms with Crippen molar-refractivity contribution in [1.82, 2.24) is 0 Å². The van der Waals surface area contributed by atoms with Gasteiger partial charge < -0.3 is 0 Å². The summed E-state index contributed by atoms with van der Waals surface area (Å²) >= 11 is 15.9. The number of benzene rings is 2. The smallest absolute Gasteiger partial charge is 0.129 e. The minimum atomic E-state index is -0.343. The van der Waals surface area contributed by atoms with E-state index in [1.165, 1.54) is 0 Å². The van der Waals surface area contributed by atoms with E-state index in [4.69, 9.17) is 23.2 Å². The monoisotopic (exact) mass is 360 g/mol. The molecular formula is C15H12BrCl2F. The van der Waals surface area contributed by atoms with Crippen LogP contribution in [-0.4, -0.2) is 0 Å². The van der Waals surface area contributed by atoms with E-state index >= 15 is 0 Å². The molecule has 0 radical (unpaired) electrons. The number of halogens is 4. The topological polar surface area (TPSA) is 0 Å². The van der Waals surface area contributed by atoms with Crippen LogP contribution in [0.2, 0.25) is 5.02 Å². The Morgan fingerprint density at radius 1 is 1.11 bits per heavy atom. The summed E-state index contributed by atoms with van der Waals surface area (Å²) in [5.41, 5.74) is 2.99. The Balaban J connectivity index is 2.47. The number of rotatable bonds is 2. The Bertz CT molecular complexity index is 603. The van der Waals surface area contributed by atoms with Gasteiger partial charge in [0.1, 0.15) is 5.82 Å². The normalized spacial score (nSPS) is 12.5. The van der Waals surface area contributed by atoms with Gasteiger partial charge in [-0.1, -0.05) is 45.7 Å². The number of hydrogen-bond acceptors (Lipinski definition) is 0. The molecule has 0 bridgehead atoms. The molecule has 0 aliphatic heterocycles. The SMILES string of the molecule is Cc1cc(C(Cl)c2ccc(Cl)cc2Br)cc(C)c1F. The average Bonchev–Trinajstić information content (AvgIpc) is 2.34. The third-order valence-electron chi connectivity index (χ3n) is 2.99. The van der Waals surface area contributed by atoms with Crippen LogP contribution in [0.3, 0.4) is 0 Å². The Morgan fingerprint density at radius 3 is 2.21 bits per heavy atom. The fourth-order valence-electron chi connectivity index (χ4n) is 2.01. The van der Waals surface area contributed by atoms with Crippen LogP contribution in [0.4, 0.5) is 4.39 Å². The largest absolute Gasteiger partial charge is 0.206 e. The summed E-state index contributed by atoms with van der Waals surface area (Å²) in [6, 6.07) is 9.02. The molecule has 0 N–H and O–H groups in total. The van der Waals surface area contributed by atoms with E-state index in [9.17, 15) is 4.39 Å². The maximum Gasteiger partial charge on any atom is 0.129 e. The zero-order valence-corrected chi connectivity index (χ0v) is 13.6. The lowest BCUT2D eigenvalue weighted by Crippen LogP contribution is -1.98. The molecule has 19 heavy (non-hydrogen) atoms. The molecule has 0 aliphatic carbocycles. The highest BCUT2D eigenvalue weighted by atomic mass is 79.9. The molecule has 0 aromatic heterocycles. The molecule has 0 spiro atoms. The Hall–Kier alpha value is -0.570. The first-order valence-electron chi connectivity index (χ1n) is 5.76. The van der Waals surface area contributed by atoms with Crippen molar-refractivity contribution < 1.29 is 4.39 Å². The van der Waals surface area contributed by atoms with Gasteiger partial charge in [-0.2, -0.15) is 0 Å². The van der Waals surface area contributed by atoms with Gasteiger partial charge in [-0.3, -0.25) is 0 Å². The van der Waals surface area contributed by atoms with Crippen LogP contribution >= 0.6 is 39.1 Å². The number of aryl methyl sites for hydroxylation is 2. The summed E-state index contributed by atoms with van der Waals surface area (Å²) in [6.07, 6.45) is 0. The molecule has 1 atom stereocenters. The van der Waals surface area contributed by atoms with Crippen molar-refractivity contribution >= 4 is 39.1 Å². The molecule has 0 heterocycles. The molecular weight excluding hydrogens is 350 g/mol. The fourth-order valence-corrected chi connectivity index (χ4v) is 3.37. The molecule has 100 valence electrons. The van der Waals surface area contributed by atoms with Crippen LogP contribution in [0.5, 0.6) is 0 Å². The molecule has 2 aromatic rings. The van der Waals surface area contributed by atoms with Crippen molar-refractivity contribution in [3.63, 3.8) is 0 Å². The van der Waals surface area contributed by atoms with Crippen LogP contribution < -0.4 is 0 Å². The van der Waals surface area contributed by atoms with Crippen LogP contribution in [0.25, 0.3) is 0 Å². The van der Waals surface area contributed by atoms with Gasteiger partial charge in [-0.05, 0) is 48.2 Å². The molecule has 0 fully saturated rings. The minimum Gasteiger partial charge on any atom is -0.206 e. The van der Waals surface area contributed by atoms with Gasteiger partial charge in [-0.25, -0.2) is 4.39 Å². The van der Waals surface area contributed by atoms with E-state index in [-0.39, 0.29) is 11.2 Å². The lowest BCUT2D eigenvalue weighted by molar-refractivity contribution is 0.608. The van der Waals surface area contributed by atoms with Crippen molar-refractivity contribution in [2.24, 2.45) is 0 Å². The van der Waals surface area contributed by atoms with Gasteiger partial charge in [0.25, 0.3) is 0 Å². The first-order valence-corrected chi connectivity index (χ1v) is 7.36. The predicted molar refractivity (Wildman–Crippen MR) is 82.7 cm³/mol. The maximum absolute atomic E-state index is 13.6. The second-order valence-electron chi connectivity index (χ2n) is 4.50. The maximum atomic E-state index is 13.6. The number of alkyl halides is 1. The second-order valence-corrected chi connectivity index (χ2v) is 6.22. The van der Waals surface area contributed by atoms with E-state index in [0.717, 1.165) is 15.6 Å². The van der Waals surface area contributed by atoms with Crippen LogP contribution in [0, 0.1) is 19.7 Å². The Morgan fingerprint density at radius 2 is 1.68 bits per heavy atom. The van der Waals surface area contributed by atoms with Gasteiger partial charge in [0.2, 0.25) is 0 Å². The first kappa shape index (κ1) is 14.8. The zero-order chi connectivity index (χ0) is 14.2. The molecule has 0 nitrogen and oxygen atoms in total. The molecule has 2 rings (SSSR count). The fraction of sp³-hybridized carbons (Fsp3) is 0.200. The second kappa shape index (κ2) is 5.82. The highest BCUT2D eigenvalue weighted by Gasteiger charge is 2.16. The van der Waals surface area contributed by atoms with Gasteiger partial charge in [0.05, 0.1) is 5.38 Å². The summed E-state index contributed by atoms with van der Waals surface area (Å²) in [5.74, 6) is -0.178. The number of hydrogen-bond donors (Lipinski definition) is 0. The van der Waals surface area contributed by atoms with Crippen LogP contribution in [0.15, 0.2) is 34.8 Å². The van der Waals surface area contributed by atoms with Gasteiger partial charge in [0, 0.05) is 9.50 Å². The van der Waals surface area contributed by atoms with Crippen molar-refractivity contribution in [1.29, 1.82) is 0 Å². The summed E-state index contributed by atoms with van der Waals surface area (Å²) in [4.78, 5) is 0. The minimum absolute atomic E-state index is 0.178. The van der Waals surface area contributed by atoms with Crippen molar-refractivity contribution in [3.8, 4) is 0 Å². The van der Waals surface area contributed by atoms with E-state index < -0.39 is 0 Å². The molecule has 0 aliphatic rings. The highest BCUT2D eigenvalue weighted by molar-refractivity contribution is 9.10. The van der Waals surface area contributed by atoms with Crippen molar-refractivity contribution in [2.45, 2.75) is 19.2 Å². The lowest BCUT2D eigenvalue weighted by Gasteiger charge is -2.15. The third-order valence-corrected chi connectivity index (χ3v) is 4.40. The molecule has 2 aromatic carbocycles. The molecule has 0 amide bonds. The van der Waals surface area contributed by atoms with E-state index in [1.54, 1.807) is 38.1 Å². The lowest BCUT2D eigenvalue weighted by atomic mass is 10.00. The third kappa shape index (κ3) is 3.13. The van der Waals surface area contributed by atoms with Crippen molar-refractivity contribution in [3.05, 3.63) is 67.9 Å². The van der Waals surface area contributed by atoms with Crippen LogP contribution in [0.1, 0.15) is 27.6 Å². The van der Waals surface area contributed by atoms with Gasteiger partial charge in [0.15, 0.2) is 0 Å². The first-order chi connectivity index (χ1) is 8.90. The van der Waals surface area contributed by atoms with Gasteiger partial charge in [-0.15, -0.1) is 11.6 Å². The quantitative estimate of drug-likeness (QED) is 0.559. The average molecular weight is 362 g/mol. The molecule has 1 unspecified atom stereocenters. The van der Waals surface area contributed by atoms with E-state index in [0.29, 0.717) is 16.1 Å². The standard InChI is InChI=1S/C15H12BrCl2F/c1-8-5-10(6-9(2)15(8)19)14(18)12-4-3-11(17)7-13(12)16/h3-7,14H,1-2H3. The Labute approximate surface area is 130 Å². The van der Waals surface area contributed by atoms with E-state index in [1.807, 2.05) is 6.07 Å². The molecule has 0 saturated carbocycles. The predicted octanol–water partition coefficient (Wildman–Crippen LogP) is 6.19. The van der Waals surface area contributed by atoms with Crippen molar-refractivity contribution in [2.75, 3.05) is 0 Å². The summed E-state index contributed by atoms with van der Waals surface area (Å²) in [6.45, 7) is 3.48. The zero-order valence-electron chi connectivity index (χ0n) is 10.5. The Kier molecular flexibility index (Phi) is 4.54. The summed E-state index contributed by atoms with van der Waals surface area (Å²) in [5, 5.41) is 0.301. The summed E-state index contributed by atoms with van der Waals surface area (Å²) < 4.78 is 14.5. The van der Waals surface area contributed by atoms with E-state index in [2.05, 4.69) is 15.9 Å². The molecule has 0 saturated heterocycles. The highest BCUT2D eigenvalue weighted by Crippen LogP contribution is 2.36. The van der Waals surface area contributed by atoms with Crippen LogP contribution in [-0.2, 0) is 0 Å².